The van der Waals surface area contributed by atoms with Crippen LogP contribution in [0.1, 0.15) is 202 Å². The summed E-state index contributed by atoms with van der Waals surface area (Å²) in [5.74, 6) is 0. The molecule has 6 heteroatoms. The van der Waals surface area contributed by atoms with E-state index in [0.717, 1.165) is 6.42 Å². The highest BCUT2D eigenvalue weighted by atomic mass is 28.4. The van der Waals surface area contributed by atoms with E-state index in [-0.39, 0.29) is 5.54 Å². The molecule has 0 aromatic heterocycles. The van der Waals surface area contributed by atoms with Gasteiger partial charge in [0.1, 0.15) is 12.6 Å². The lowest BCUT2D eigenvalue weighted by molar-refractivity contribution is -1.10. The Morgan fingerprint density at radius 2 is 0.872 bits per heavy atom. The van der Waals surface area contributed by atoms with Crippen molar-refractivity contribution in [1.82, 2.24) is 0 Å². The Kier molecular flexibility index (Phi) is 32.8. The Hall–Kier alpha value is -0.243. The van der Waals surface area contributed by atoms with Crippen molar-refractivity contribution in [2.75, 3.05) is 40.5 Å². The first-order valence-corrected chi connectivity index (χ1v) is 22.7. The van der Waals surface area contributed by atoms with Gasteiger partial charge in [-0.25, -0.2) is 4.84 Å². The average Bonchev–Trinajstić information content (AvgIpc) is 3.05. The summed E-state index contributed by atoms with van der Waals surface area (Å²) < 4.78 is 19.2. The lowest BCUT2D eigenvalue weighted by Gasteiger charge is -2.38. The largest absolute Gasteiger partial charge is 0.506 e. The standard InChI is InChI=1S/C41H86NO4Si/c1-9-14-16-18-20-22-24-26-28-30-32-34-36-38-41(37-35-33-31-29-27-25-23-21-19-17-15-10-2)42(7,8)43-39-40(6)47(44-11-3,45-12-4)46-13-5/h31,33,40-41H,9-30,32,34-39H2,1-8H3/q+1. The topological polar surface area (TPSA) is 36.9 Å². The van der Waals surface area contributed by atoms with Crippen molar-refractivity contribution < 1.29 is 22.8 Å². The van der Waals surface area contributed by atoms with E-state index in [1.165, 1.54) is 154 Å². The molecule has 0 aliphatic carbocycles. The zero-order chi connectivity index (χ0) is 34.9. The molecule has 0 N–H and O–H groups in total. The Balaban J connectivity index is 4.81. The van der Waals surface area contributed by atoms with Crippen molar-refractivity contribution in [1.29, 1.82) is 0 Å². The van der Waals surface area contributed by atoms with Crippen molar-refractivity contribution in [3.8, 4) is 0 Å². The van der Waals surface area contributed by atoms with E-state index in [0.29, 0.717) is 37.1 Å². The van der Waals surface area contributed by atoms with Gasteiger partial charge in [0.05, 0.1) is 19.6 Å². The van der Waals surface area contributed by atoms with Crippen LogP contribution < -0.4 is 0 Å². The molecular formula is C41H86NO4Si+. The summed E-state index contributed by atoms with van der Waals surface area (Å²) in [6, 6.07) is 0.477. The predicted octanol–water partition coefficient (Wildman–Crippen LogP) is 13.1. The Morgan fingerprint density at radius 3 is 1.30 bits per heavy atom. The number of hydrogen-bond acceptors (Lipinski definition) is 4. The van der Waals surface area contributed by atoms with Gasteiger partial charge in [0.2, 0.25) is 0 Å². The van der Waals surface area contributed by atoms with Crippen molar-refractivity contribution in [3.63, 3.8) is 0 Å². The minimum atomic E-state index is -2.80. The third-order valence-electron chi connectivity index (χ3n) is 9.88. The van der Waals surface area contributed by atoms with Gasteiger partial charge in [0, 0.05) is 32.7 Å². The first-order chi connectivity index (χ1) is 22.8. The van der Waals surface area contributed by atoms with Gasteiger partial charge in [-0.3, -0.25) is 0 Å². The van der Waals surface area contributed by atoms with E-state index in [1.54, 1.807) is 0 Å². The predicted molar refractivity (Wildman–Crippen MR) is 208 cm³/mol. The van der Waals surface area contributed by atoms with E-state index >= 15 is 0 Å². The summed E-state index contributed by atoms with van der Waals surface area (Å²) in [7, 11) is 1.72. The lowest BCUT2D eigenvalue weighted by atomic mass is 10.00. The van der Waals surface area contributed by atoms with Crippen LogP contribution in [-0.4, -0.2) is 60.0 Å². The smallest absolute Gasteiger partial charge is 0.374 e. The molecule has 0 saturated heterocycles. The molecule has 2 atom stereocenters. The van der Waals surface area contributed by atoms with Gasteiger partial charge in [-0.05, 0) is 46.5 Å². The summed E-state index contributed by atoms with van der Waals surface area (Å²) in [6.07, 6.45) is 38.9. The molecule has 5 nitrogen and oxygen atoms in total. The maximum atomic E-state index is 6.73. The molecule has 0 aromatic carbocycles. The van der Waals surface area contributed by atoms with Crippen LogP contribution in [0.25, 0.3) is 0 Å². The molecule has 0 heterocycles. The first-order valence-electron chi connectivity index (χ1n) is 20.9. The fraction of sp³-hybridized carbons (Fsp3) is 0.951. The van der Waals surface area contributed by atoms with Crippen LogP contribution in [0.5, 0.6) is 0 Å². The van der Waals surface area contributed by atoms with Gasteiger partial charge in [-0.15, -0.1) is 0 Å². The molecule has 0 bridgehead atoms. The van der Waals surface area contributed by atoms with Crippen molar-refractivity contribution >= 4 is 8.80 Å². The Bertz CT molecular complexity index is 657. The minimum absolute atomic E-state index is 0.0864. The van der Waals surface area contributed by atoms with E-state index in [2.05, 4.69) is 47.0 Å². The number of rotatable bonds is 37. The molecule has 0 aliphatic heterocycles. The molecule has 282 valence electrons. The molecule has 0 aromatic rings. The van der Waals surface area contributed by atoms with E-state index in [1.807, 2.05) is 20.8 Å². The van der Waals surface area contributed by atoms with Crippen molar-refractivity contribution in [2.45, 2.75) is 214 Å². The third-order valence-corrected chi connectivity index (χ3v) is 13.3. The maximum Gasteiger partial charge on any atom is 0.506 e. The zero-order valence-electron chi connectivity index (χ0n) is 33.4. The average molecular weight is 685 g/mol. The van der Waals surface area contributed by atoms with E-state index in [4.69, 9.17) is 18.1 Å². The minimum Gasteiger partial charge on any atom is -0.374 e. The summed E-state index contributed by atoms with van der Waals surface area (Å²) in [5, 5.41) is 0. The van der Waals surface area contributed by atoms with Crippen molar-refractivity contribution in [2.24, 2.45) is 0 Å². The van der Waals surface area contributed by atoms with Crippen LogP contribution in [-0.2, 0) is 18.1 Å². The monoisotopic (exact) mass is 685 g/mol. The van der Waals surface area contributed by atoms with Crippen LogP contribution in [0.15, 0.2) is 12.2 Å². The summed E-state index contributed by atoms with van der Waals surface area (Å²) in [5.41, 5.74) is 0.0864. The zero-order valence-corrected chi connectivity index (χ0v) is 34.4. The number of allylic oxidation sites excluding steroid dienone is 2. The second-order valence-corrected chi connectivity index (χ2v) is 17.6. The van der Waals surface area contributed by atoms with E-state index < -0.39 is 8.80 Å². The Labute approximate surface area is 297 Å². The molecule has 2 unspecified atom stereocenters. The highest BCUT2D eigenvalue weighted by Gasteiger charge is 2.48. The van der Waals surface area contributed by atoms with Gasteiger partial charge in [-0.2, -0.15) is 4.65 Å². The molecule has 0 aliphatic rings. The Morgan fingerprint density at radius 1 is 0.489 bits per heavy atom. The summed E-state index contributed by atoms with van der Waals surface area (Å²) in [4.78, 5) is 6.73. The quantitative estimate of drug-likeness (QED) is 0.0215. The summed E-state index contributed by atoms with van der Waals surface area (Å²) >= 11 is 0. The number of quaternary nitrogens is 1. The second kappa shape index (κ2) is 32.9. The van der Waals surface area contributed by atoms with E-state index in [9.17, 15) is 0 Å². The maximum absolute atomic E-state index is 6.73. The van der Waals surface area contributed by atoms with Crippen LogP contribution >= 0.6 is 0 Å². The number of unbranched alkanes of at least 4 members (excludes halogenated alkanes) is 20. The molecule has 47 heavy (non-hydrogen) atoms. The van der Waals surface area contributed by atoms with Gasteiger partial charge in [-0.1, -0.05) is 155 Å². The van der Waals surface area contributed by atoms with Crippen molar-refractivity contribution in [3.05, 3.63) is 12.2 Å². The molecule has 0 rings (SSSR count). The van der Waals surface area contributed by atoms with Gasteiger partial charge >= 0.3 is 8.80 Å². The van der Waals surface area contributed by atoms with Gasteiger partial charge in [0.15, 0.2) is 0 Å². The molecule has 0 fully saturated rings. The molecule has 0 spiro atoms. The van der Waals surface area contributed by atoms with Crippen LogP contribution in [0.3, 0.4) is 0 Å². The highest BCUT2D eigenvalue weighted by molar-refractivity contribution is 6.62. The third kappa shape index (κ3) is 25.4. The summed E-state index contributed by atoms with van der Waals surface area (Å²) in [6.45, 7) is 15.2. The van der Waals surface area contributed by atoms with Gasteiger partial charge < -0.3 is 13.3 Å². The fourth-order valence-corrected chi connectivity index (χ4v) is 9.34. The first kappa shape index (κ1) is 46.8. The number of hydroxylamine groups is 3. The van der Waals surface area contributed by atoms with Gasteiger partial charge in [0.25, 0.3) is 0 Å². The molecular weight excluding hydrogens is 599 g/mol. The van der Waals surface area contributed by atoms with Crippen LogP contribution in [0, 0.1) is 0 Å². The molecule has 0 saturated carbocycles. The SMILES string of the molecule is CCCCCCCCCCC=CCCC(CCCCCCCCCCCCCCC)[N+](C)(C)OCC(C)[Si](OCC)(OCC)OCC. The molecule has 0 radical (unpaired) electrons. The lowest BCUT2D eigenvalue weighted by Crippen LogP contribution is -2.54. The van der Waals surface area contributed by atoms with Crippen LogP contribution in [0.4, 0.5) is 0 Å². The molecule has 0 amide bonds. The number of nitrogens with zero attached hydrogens (tertiary/aromatic N) is 1. The second-order valence-electron chi connectivity index (χ2n) is 14.5. The number of hydrogen-bond donors (Lipinski definition) is 0. The van der Waals surface area contributed by atoms with Crippen LogP contribution in [0.2, 0.25) is 5.54 Å². The normalized spacial score (nSPS) is 14.0. The highest BCUT2D eigenvalue weighted by Crippen LogP contribution is 2.29. The fourth-order valence-electron chi connectivity index (χ4n) is 6.75.